The third kappa shape index (κ3) is 4.37. The Morgan fingerprint density at radius 3 is 2.62 bits per heavy atom. The van der Waals surface area contributed by atoms with Crippen LogP contribution in [-0.4, -0.2) is 56.0 Å². The van der Waals surface area contributed by atoms with E-state index in [1.807, 2.05) is 0 Å². The molecule has 0 unspecified atom stereocenters. The van der Waals surface area contributed by atoms with Gasteiger partial charge in [-0.15, -0.1) is 0 Å². The summed E-state index contributed by atoms with van der Waals surface area (Å²) in [5.41, 5.74) is 2.03. The summed E-state index contributed by atoms with van der Waals surface area (Å²) in [4.78, 5) is 27.9. The van der Waals surface area contributed by atoms with Crippen LogP contribution in [0.15, 0.2) is 36.4 Å². The van der Waals surface area contributed by atoms with Gasteiger partial charge in [-0.2, -0.15) is 0 Å². The Kier molecular flexibility index (Phi) is 5.44. The molecule has 2 aliphatic heterocycles. The Morgan fingerprint density at radius 1 is 1.17 bits per heavy atom. The van der Waals surface area contributed by atoms with E-state index in [2.05, 4.69) is 15.5 Å². The Labute approximate surface area is 172 Å². The second-order valence-corrected chi connectivity index (χ2v) is 7.27. The van der Waals surface area contributed by atoms with Gasteiger partial charge in [0, 0.05) is 37.9 Å². The number of hydrogen-bond donors (Lipinski definition) is 2. The molecule has 0 radical (unpaired) electrons. The Hall–Kier alpha value is -3.00. The number of anilines is 3. The van der Waals surface area contributed by atoms with Crippen molar-refractivity contribution in [1.29, 1.82) is 0 Å². The molecule has 2 amide bonds. The summed E-state index contributed by atoms with van der Waals surface area (Å²) in [5, 5.41) is 6.13. The summed E-state index contributed by atoms with van der Waals surface area (Å²) in [6.07, 6.45) is 0. The molecule has 152 valence electrons. The van der Waals surface area contributed by atoms with Gasteiger partial charge in [-0.3, -0.25) is 9.59 Å². The highest BCUT2D eigenvalue weighted by Crippen LogP contribution is 2.36. The highest BCUT2D eigenvalue weighted by Gasteiger charge is 2.22. The number of fused-ring (bicyclic) bond motifs is 1. The average Bonchev–Trinajstić information content (AvgIpc) is 2.73. The molecule has 1 saturated heterocycles. The van der Waals surface area contributed by atoms with Gasteiger partial charge in [0.25, 0.3) is 5.91 Å². The van der Waals surface area contributed by atoms with Gasteiger partial charge in [-0.1, -0.05) is 11.6 Å². The van der Waals surface area contributed by atoms with Crippen LogP contribution in [-0.2, 0) is 9.59 Å². The zero-order valence-corrected chi connectivity index (χ0v) is 16.3. The maximum Gasteiger partial charge on any atom is 0.262 e. The van der Waals surface area contributed by atoms with Crippen LogP contribution >= 0.6 is 11.6 Å². The van der Waals surface area contributed by atoms with E-state index in [-0.39, 0.29) is 30.8 Å². The van der Waals surface area contributed by atoms with E-state index in [0.717, 1.165) is 5.69 Å². The van der Waals surface area contributed by atoms with Crippen molar-refractivity contribution in [3.8, 4) is 5.75 Å². The van der Waals surface area contributed by atoms with Crippen LogP contribution in [0.3, 0.4) is 0 Å². The van der Waals surface area contributed by atoms with Crippen molar-refractivity contribution in [1.82, 2.24) is 4.90 Å². The van der Waals surface area contributed by atoms with Crippen LogP contribution in [0.25, 0.3) is 0 Å². The first-order valence-electron chi connectivity index (χ1n) is 9.28. The molecule has 4 rings (SSSR count). The summed E-state index contributed by atoms with van der Waals surface area (Å²) in [6, 6.07) is 9.65. The van der Waals surface area contributed by atoms with Gasteiger partial charge in [-0.05, 0) is 30.3 Å². The van der Waals surface area contributed by atoms with E-state index in [4.69, 9.17) is 16.3 Å². The van der Waals surface area contributed by atoms with E-state index in [1.54, 1.807) is 29.2 Å². The maximum atomic E-state index is 13.1. The average molecular weight is 419 g/mol. The molecule has 2 aliphatic rings. The van der Waals surface area contributed by atoms with E-state index in [1.165, 1.54) is 12.1 Å². The van der Waals surface area contributed by atoms with Crippen molar-refractivity contribution in [2.45, 2.75) is 0 Å². The number of ether oxygens (including phenoxy) is 1. The molecule has 2 aromatic rings. The fourth-order valence-electron chi connectivity index (χ4n) is 3.38. The molecule has 2 heterocycles. The largest absolute Gasteiger partial charge is 0.482 e. The lowest BCUT2D eigenvalue weighted by molar-refractivity contribution is -0.129. The van der Waals surface area contributed by atoms with Crippen LogP contribution in [0.2, 0.25) is 5.02 Å². The van der Waals surface area contributed by atoms with E-state index in [9.17, 15) is 14.0 Å². The minimum absolute atomic E-state index is 0.0354. The van der Waals surface area contributed by atoms with E-state index >= 15 is 0 Å². The van der Waals surface area contributed by atoms with Crippen molar-refractivity contribution < 1.29 is 18.7 Å². The van der Waals surface area contributed by atoms with Crippen LogP contribution in [0.1, 0.15) is 0 Å². The van der Waals surface area contributed by atoms with Gasteiger partial charge in [-0.25, -0.2) is 4.39 Å². The van der Waals surface area contributed by atoms with Gasteiger partial charge in [0.15, 0.2) is 6.61 Å². The molecule has 1 fully saturated rings. The topological polar surface area (TPSA) is 73.9 Å². The first kappa shape index (κ1) is 19.3. The number of nitrogens with one attached hydrogen (secondary N) is 2. The third-order valence-corrected chi connectivity index (χ3v) is 5.27. The van der Waals surface area contributed by atoms with Gasteiger partial charge in [0.05, 0.1) is 22.9 Å². The maximum absolute atomic E-state index is 13.1. The number of rotatable bonds is 4. The van der Waals surface area contributed by atoms with Gasteiger partial charge >= 0.3 is 0 Å². The predicted octanol–water partition coefficient (Wildman–Crippen LogP) is 2.57. The smallest absolute Gasteiger partial charge is 0.262 e. The molecule has 0 bridgehead atoms. The highest BCUT2D eigenvalue weighted by molar-refractivity contribution is 6.33. The third-order valence-electron chi connectivity index (χ3n) is 4.96. The lowest BCUT2D eigenvalue weighted by atomic mass is 10.2. The van der Waals surface area contributed by atoms with Crippen molar-refractivity contribution >= 4 is 40.5 Å². The van der Waals surface area contributed by atoms with Gasteiger partial charge < -0.3 is 25.2 Å². The quantitative estimate of drug-likeness (QED) is 0.798. The predicted molar refractivity (Wildman–Crippen MR) is 109 cm³/mol. The SMILES string of the molecule is O=C1COc2cc(NCC(=O)N3CCN(c4ccc(F)cc4)CC3)c(Cl)cc2N1. The van der Waals surface area contributed by atoms with Crippen LogP contribution in [0.4, 0.5) is 21.5 Å². The zero-order chi connectivity index (χ0) is 20.4. The number of amides is 2. The lowest BCUT2D eigenvalue weighted by Gasteiger charge is -2.36. The molecule has 2 N–H and O–H groups in total. The molecule has 0 saturated carbocycles. The van der Waals surface area contributed by atoms with E-state index < -0.39 is 0 Å². The fourth-order valence-corrected chi connectivity index (χ4v) is 3.61. The van der Waals surface area contributed by atoms with Crippen molar-refractivity contribution in [2.24, 2.45) is 0 Å². The monoisotopic (exact) mass is 418 g/mol. The lowest BCUT2D eigenvalue weighted by Crippen LogP contribution is -2.50. The molecular formula is C20H20ClFN4O3. The summed E-state index contributed by atoms with van der Waals surface area (Å²) < 4.78 is 18.5. The normalized spacial score (nSPS) is 16.0. The minimum atomic E-state index is -0.262. The first-order valence-corrected chi connectivity index (χ1v) is 9.66. The molecule has 29 heavy (non-hydrogen) atoms. The number of benzene rings is 2. The standard InChI is InChI=1S/C20H20ClFN4O3/c21-15-9-17-18(29-12-19(27)24-17)10-16(15)23-11-20(28)26-7-5-25(6-8-26)14-3-1-13(22)2-4-14/h1-4,9-10,23H,5-8,11-12H2,(H,24,27). The molecule has 2 aromatic carbocycles. The van der Waals surface area contributed by atoms with Gasteiger partial charge in [0.2, 0.25) is 5.91 Å². The second kappa shape index (κ2) is 8.16. The molecule has 0 atom stereocenters. The molecule has 0 spiro atoms. The van der Waals surface area contributed by atoms with Crippen LogP contribution in [0, 0.1) is 5.82 Å². The minimum Gasteiger partial charge on any atom is -0.482 e. The second-order valence-electron chi connectivity index (χ2n) is 6.86. The molecular weight excluding hydrogens is 399 g/mol. The zero-order valence-electron chi connectivity index (χ0n) is 15.6. The van der Waals surface area contributed by atoms with Crippen LogP contribution in [0.5, 0.6) is 5.75 Å². The fraction of sp³-hybridized carbons (Fsp3) is 0.300. The molecule has 7 nitrogen and oxygen atoms in total. The molecule has 0 aromatic heterocycles. The first-order chi connectivity index (χ1) is 14.0. The Morgan fingerprint density at radius 2 is 1.90 bits per heavy atom. The number of piperazine rings is 1. The Bertz CT molecular complexity index is 930. The summed E-state index contributed by atoms with van der Waals surface area (Å²) in [6.45, 7) is 2.59. The number of carbonyl (C=O) groups excluding carboxylic acids is 2. The highest BCUT2D eigenvalue weighted by atomic mass is 35.5. The van der Waals surface area contributed by atoms with Crippen molar-refractivity contribution in [3.05, 3.63) is 47.2 Å². The number of hydrogen-bond acceptors (Lipinski definition) is 5. The number of carbonyl (C=O) groups is 2. The summed E-state index contributed by atoms with van der Waals surface area (Å²) in [5.74, 6) is -0.0184. The number of halogens is 2. The van der Waals surface area contributed by atoms with Gasteiger partial charge in [0.1, 0.15) is 11.6 Å². The van der Waals surface area contributed by atoms with Crippen molar-refractivity contribution in [2.75, 3.05) is 54.9 Å². The van der Waals surface area contributed by atoms with Crippen molar-refractivity contribution in [3.63, 3.8) is 0 Å². The molecule has 9 heteroatoms. The molecule has 0 aliphatic carbocycles. The van der Waals surface area contributed by atoms with Crippen LogP contribution < -0.4 is 20.3 Å². The van der Waals surface area contributed by atoms with E-state index in [0.29, 0.717) is 48.3 Å². The summed E-state index contributed by atoms with van der Waals surface area (Å²) >= 11 is 6.25. The Balaban J connectivity index is 1.31. The number of nitrogens with zero attached hydrogens (tertiary/aromatic N) is 2. The summed E-state index contributed by atoms with van der Waals surface area (Å²) in [7, 11) is 0.